The van der Waals surface area contributed by atoms with Crippen molar-refractivity contribution in [1.29, 1.82) is 5.41 Å². The molecule has 1 saturated carbocycles. The lowest BCUT2D eigenvalue weighted by molar-refractivity contribution is 0.420. The van der Waals surface area contributed by atoms with Gasteiger partial charge in [0.05, 0.1) is 11.2 Å². The Labute approximate surface area is 199 Å². The molecular formula is C28H30FN5. The smallest absolute Gasteiger partial charge is 0.127 e. The number of nitrogens with one attached hydrogen (secondary N) is 3. The van der Waals surface area contributed by atoms with Crippen molar-refractivity contribution in [3.05, 3.63) is 89.8 Å². The second-order valence-electron chi connectivity index (χ2n) is 9.33. The first-order valence-electron chi connectivity index (χ1n) is 12.0. The van der Waals surface area contributed by atoms with Crippen molar-refractivity contribution < 1.29 is 4.39 Å². The van der Waals surface area contributed by atoms with Gasteiger partial charge in [-0.25, -0.2) is 4.39 Å². The van der Waals surface area contributed by atoms with E-state index in [2.05, 4.69) is 27.2 Å². The van der Waals surface area contributed by atoms with Gasteiger partial charge >= 0.3 is 0 Å². The Morgan fingerprint density at radius 2 is 2.00 bits per heavy atom. The molecule has 2 aromatic heterocycles. The molecule has 174 valence electrons. The van der Waals surface area contributed by atoms with Crippen LogP contribution < -0.4 is 10.6 Å². The zero-order valence-electron chi connectivity index (χ0n) is 19.3. The van der Waals surface area contributed by atoms with E-state index in [0.29, 0.717) is 29.3 Å². The molecule has 1 aliphatic carbocycles. The molecular weight excluding hydrogens is 425 g/mol. The monoisotopic (exact) mass is 455 g/mol. The maximum Gasteiger partial charge on any atom is 0.127 e. The van der Waals surface area contributed by atoms with Gasteiger partial charge in [-0.05, 0) is 73.7 Å². The normalized spacial score (nSPS) is 18.0. The summed E-state index contributed by atoms with van der Waals surface area (Å²) in [6.07, 6.45) is 13.4. The third kappa shape index (κ3) is 4.50. The van der Waals surface area contributed by atoms with Gasteiger partial charge in [-0.2, -0.15) is 0 Å². The van der Waals surface area contributed by atoms with Gasteiger partial charge in [0.25, 0.3) is 0 Å². The van der Waals surface area contributed by atoms with Crippen LogP contribution in [0.15, 0.2) is 61.6 Å². The lowest BCUT2D eigenvalue weighted by Crippen LogP contribution is -2.37. The van der Waals surface area contributed by atoms with Gasteiger partial charge in [-0.15, -0.1) is 6.58 Å². The number of piperidine rings is 1. The number of aromatic nitrogens is 2. The highest BCUT2D eigenvalue weighted by molar-refractivity contribution is 6.08. The molecule has 1 saturated heterocycles. The van der Waals surface area contributed by atoms with E-state index < -0.39 is 0 Å². The minimum absolute atomic E-state index is 0.0358. The van der Waals surface area contributed by atoms with Crippen LogP contribution in [0.5, 0.6) is 0 Å². The van der Waals surface area contributed by atoms with Crippen molar-refractivity contribution in [2.24, 2.45) is 0 Å². The predicted molar refractivity (Wildman–Crippen MR) is 136 cm³/mol. The Balaban J connectivity index is 1.38. The summed E-state index contributed by atoms with van der Waals surface area (Å²) in [5.74, 6) is -0.182. The lowest BCUT2D eigenvalue weighted by Gasteiger charge is -2.23. The minimum Gasteiger partial charge on any atom is -0.387 e. The Morgan fingerprint density at radius 1 is 1.18 bits per heavy atom. The van der Waals surface area contributed by atoms with Gasteiger partial charge in [0.1, 0.15) is 5.82 Å². The molecule has 2 aliphatic rings. The first-order valence-corrected chi connectivity index (χ1v) is 12.0. The number of fused-ring (bicyclic) bond motifs is 1. The van der Waals surface area contributed by atoms with Crippen LogP contribution in [0.2, 0.25) is 0 Å². The van der Waals surface area contributed by atoms with Crippen molar-refractivity contribution in [3.63, 3.8) is 0 Å². The van der Waals surface area contributed by atoms with Crippen LogP contribution in [-0.4, -0.2) is 35.3 Å². The number of allylic oxidation sites excluding steroid dienone is 2. The summed E-state index contributed by atoms with van der Waals surface area (Å²) in [6.45, 7) is 5.93. The number of halogens is 1. The molecule has 6 heteroatoms. The predicted octanol–water partition coefficient (Wildman–Crippen LogP) is 4.91. The summed E-state index contributed by atoms with van der Waals surface area (Å²) in [5, 5.41) is 15.5. The standard InChI is InChI=1S/C28H30FN5/c1-2-28(8-9-28)22-4-3-20(25(29)14-22)13-19-5-12-32-27-15-26(34-18-24(19)27)21(16-30)17-33-23-6-10-31-11-7-23/h2-5,12,14-18,23,30-31,33H,1,6-11,13H2/b21-17+,30-16?. The fourth-order valence-corrected chi connectivity index (χ4v) is 4.74. The van der Waals surface area contributed by atoms with Gasteiger partial charge < -0.3 is 16.0 Å². The Kier molecular flexibility index (Phi) is 6.24. The van der Waals surface area contributed by atoms with Crippen LogP contribution in [0.25, 0.3) is 16.5 Å². The van der Waals surface area contributed by atoms with E-state index >= 15 is 0 Å². The maximum absolute atomic E-state index is 15.0. The van der Waals surface area contributed by atoms with Crippen molar-refractivity contribution in [2.75, 3.05) is 13.1 Å². The SMILES string of the molecule is C=CC1(c2ccc(Cc3ccnc4cc(/C(C=N)=C/NC5CCNCC5)ncc34)c(F)c2)CC1. The summed E-state index contributed by atoms with van der Waals surface area (Å²) >= 11 is 0. The van der Waals surface area contributed by atoms with Crippen LogP contribution in [0.4, 0.5) is 4.39 Å². The summed E-state index contributed by atoms with van der Waals surface area (Å²) in [7, 11) is 0. The summed E-state index contributed by atoms with van der Waals surface area (Å²) in [5.41, 5.74) is 4.82. The zero-order valence-corrected chi connectivity index (χ0v) is 19.3. The number of hydrogen-bond donors (Lipinski definition) is 3. The molecule has 0 atom stereocenters. The van der Waals surface area contributed by atoms with E-state index in [9.17, 15) is 4.39 Å². The first kappa shape index (κ1) is 22.4. The van der Waals surface area contributed by atoms with E-state index in [1.165, 1.54) is 6.21 Å². The second kappa shape index (κ2) is 9.47. The largest absolute Gasteiger partial charge is 0.387 e. The maximum atomic E-state index is 15.0. The van der Waals surface area contributed by atoms with Crippen molar-refractivity contribution >= 4 is 22.7 Å². The van der Waals surface area contributed by atoms with E-state index in [0.717, 1.165) is 60.8 Å². The quantitative estimate of drug-likeness (QED) is 0.333. The number of benzene rings is 1. The van der Waals surface area contributed by atoms with Crippen LogP contribution >= 0.6 is 0 Å². The van der Waals surface area contributed by atoms with Crippen LogP contribution in [0.1, 0.15) is 48.1 Å². The Hall–Kier alpha value is -3.38. The third-order valence-corrected chi connectivity index (χ3v) is 7.17. The molecule has 0 spiro atoms. The Morgan fingerprint density at radius 3 is 2.71 bits per heavy atom. The Bertz CT molecular complexity index is 1250. The van der Waals surface area contributed by atoms with Gasteiger partial charge in [0, 0.05) is 53.6 Å². The molecule has 0 amide bonds. The van der Waals surface area contributed by atoms with Gasteiger partial charge in [-0.3, -0.25) is 9.97 Å². The minimum atomic E-state index is -0.182. The zero-order chi connectivity index (χ0) is 23.5. The average molecular weight is 456 g/mol. The van der Waals surface area contributed by atoms with Crippen LogP contribution in [0, 0.1) is 11.2 Å². The molecule has 3 aromatic rings. The van der Waals surface area contributed by atoms with Gasteiger partial charge in [0.2, 0.25) is 0 Å². The van der Waals surface area contributed by atoms with E-state index in [1.807, 2.05) is 36.5 Å². The molecule has 1 aliphatic heterocycles. The van der Waals surface area contributed by atoms with Crippen molar-refractivity contribution in [1.82, 2.24) is 20.6 Å². The summed E-state index contributed by atoms with van der Waals surface area (Å²) < 4.78 is 15.0. The number of nitrogens with zero attached hydrogens (tertiary/aromatic N) is 2. The van der Waals surface area contributed by atoms with E-state index in [4.69, 9.17) is 5.41 Å². The summed E-state index contributed by atoms with van der Waals surface area (Å²) in [4.78, 5) is 9.14. The fraction of sp³-hybridized carbons (Fsp3) is 0.321. The highest BCUT2D eigenvalue weighted by Crippen LogP contribution is 2.49. The third-order valence-electron chi connectivity index (χ3n) is 7.17. The molecule has 3 heterocycles. The molecule has 2 fully saturated rings. The molecule has 5 nitrogen and oxygen atoms in total. The van der Waals surface area contributed by atoms with Gasteiger partial charge in [0.15, 0.2) is 0 Å². The average Bonchev–Trinajstić information content (AvgIpc) is 3.68. The van der Waals surface area contributed by atoms with E-state index in [-0.39, 0.29) is 11.2 Å². The van der Waals surface area contributed by atoms with Crippen molar-refractivity contribution in [2.45, 2.75) is 43.6 Å². The number of rotatable bonds is 8. The fourth-order valence-electron chi connectivity index (χ4n) is 4.74. The molecule has 1 aromatic carbocycles. The molecule has 0 bridgehead atoms. The molecule has 0 unspecified atom stereocenters. The second-order valence-corrected chi connectivity index (χ2v) is 9.33. The lowest BCUT2D eigenvalue weighted by atomic mass is 9.93. The molecule has 0 radical (unpaired) electrons. The van der Waals surface area contributed by atoms with E-state index in [1.54, 1.807) is 18.5 Å². The van der Waals surface area contributed by atoms with Crippen LogP contribution in [-0.2, 0) is 11.8 Å². The molecule has 5 rings (SSSR count). The topological polar surface area (TPSA) is 73.7 Å². The van der Waals surface area contributed by atoms with Crippen molar-refractivity contribution in [3.8, 4) is 0 Å². The molecule has 34 heavy (non-hydrogen) atoms. The number of hydrogen-bond acceptors (Lipinski definition) is 5. The highest BCUT2D eigenvalue weighted by atomic mass is 19.1. The first-order chi connectivity index (χ1) is 16.6. The molecule has 3 N–H and O–H groups in total. The number of pyridine rings is 2. The van der Waals surface area contributed by atoms with Crippen LogP contribution in [0.3, 0.4) is 0 Å². The van der Waals surface area contributed by atoms with Gasteiger partial charge in [-0.1, -0.05) is 18.2 Å². The summed E-state index contributed by atoms with van der Waals surface area (Å²) in [6, 6.07) is 9.83. The highest BCUT2D eigenvalue weighted by Gasteiger charge is 2.41.